The number of carbonyl (C=O) groups is 2. The molecule has 10 nitrogen and oxygen atoms in total. The van der Waals surface area contributed by atoms with Crippen LogP contribution in [0.3, 0.4) is 0 Å². The molecule has 1 amide bonds. The maximum Gasteiger partial charge on any atom is 0.408 e. The van der Waals surface area contributed by atoms with Crippen molar-refractivity contribution in [2.75, 3.05) is 20.3 Å². The Balaban J connectivity index is 2.75. The molecule has 0 fully saturated rings. The number of esters is 1. The highest BCUT2D eigenvalue weighted by molar-refractivity contribution is 7.72. The van der Waals surface area contributed by atoms with Gasteiger partial charge in [0.15, 0.2) is 5.45 Å². The number of hydrogen-bond acceptors (Lipinski definition) is 9. The SMILES string of the molecule is CCOP(=O)(OCC)C1=NO[C@@H](C[C@H](NC(=O)OC(C)(C)C)C(=O)OC)C1. The van der Waals surface area contributed by atoms with Crippen molar-refractivity contribution in [2.24, 2.45) is 5.16 Å². The number of rotatable bonds is 9. The molecule has 0 saturated heterocycles. The molecular weight excluding hydrogens is 379 g/mol. The lowest BCUT2D eigenvalue weighted by Crippen LogP contribution is -2.45. The van der Waals surface area contributed by atoms with Crippen LogP contribution >= 0.6 is 7.60 Å². The van der Waals surface area contributed by atoms with Gasteiger partial charge in [0.2, 0.25) is 0 Å². The Labute approximate surface area is 159 Å². The van der Waals surface area contributed by atoms with E-state index in [0.717, 1.165) is 0 Å². The minimum atomic E-state index is -3.54. The van der Waals surface area contributed by atoms with Gasteiger partial charge in [-0.1, -0.05) is 5.16 Å². The van der Waals surface area contributed by atoms with Gasteiger partial charge in [0, 0.05) is 12.8 Å². The van der Waals surface area contributed by atoms with Crippen LogP contribution in [0.5, 0.6) is 0 Å². The lowest BCUT2D eigenvalue weighted by Gasteiger charge is -2.23. The third kappa shape index (κ3) is 7.48. The second-order valence-corrected chi connectivity index (χ2v) is 8.76. The highest BCUT2D eigenvalue weighted by Crippen LogP contribution is 2.52. The Kier molecular flexibility index (Phi) is 8.71. The highest BCUT2D eigenvalue weighted by Gasteiger charge is 2.40. The van der Waals surface area contributed by atoms with Crippen LogP contribution in [0.15, 0.2) is 5.16 Å². The number of ether oxygens (including phenoxy) is 2. The minimum Gasteiger partial charge on any atom is -0.467 e. The molecule has 1 N–H and O–H groups in total. The molecule has 2 atom stereocenters. The predicted molar refractivity (Wildman–Crippen MR) is 97.6 cm³/mol. The van der Waals surface area contributed by atoms with Crippen molar-refractivity contribution in [3.8, 4) is 0 Å². The molecule has 1 aliphatic heterocycles. The second-order valence-electron chi connectivity index (χ2n) is 6.73. The number of nitrogens with one attached hydrogen (secondary N) is 1. The first-order chi connectivity index (χ1) is 12.5. The number of carbonyl (C=O) groups excluding carboxylic acids is 2. The maximum atomic E-state index is 12.7. The number of methoxy groups -OCH3 is 1. The summed E-state index contributed by atoms with van der Waals surface area (Å²) in [4.78, 5) is 29.2. The lowest BCUT2D eigenvalue weighted by atomic mass is 10.1. The van der Waals surface area contributed by atoms with Gasteiger partial charge < -0.3 is 28.7 Å². The van der Waals surface area contributed by atoms with Crippen LogP contribution in [0, 0.1) is 0 Å². The summed E-state index contributed by atoms with van der Waals surface area (Å²) in [5, 5.41) is 6.27. The summed E-state index contributed by atoms with van der Waals surface area (Å²) in [5.74, 6) is -0.657. The van der Waals surface area contributed by atoms with Crippen molar-refractivity contribution in [1.29, 1.82) is 0 Å². The summed E-state index contributed by atoms with van der Waals surface area (Å²) < 4.78 is 33.1. The molecule has 11 heteroatoms. The molecule has 0 unspecified atom stereocenters. The Morgan fingerprint density at radius 3 is 2.37 bits per heavy atom. The topological polar surface area (TPSA) is 122 Å². The van der Waals surface area contributed by atoms with Crippen molar-refractivity contribution >= 4 is 25.1 Å². The van der Waals surface area contributed by atoms with E-state index in [2.05, 4.69) is 10.5 Å². The van der Waals surface area contributed by atoms with Crippen molar-refractivity contribution in [2.45, 2.75) is 65.2 Å². The summed E-state index contributed by atoms with van der Waals surface area (Å²) >= 11 is 0. The third-order valence-corrected chi connectivity index (χ3v) is 5.40. The second kappa shape index (κ2) is 10.1. The van der Waals surface area contributed by atoms with Crippen LogP contribution in [0.25, 0.3) is 0 Å². The molecular formula is C16H29N2O8P. The minimum absolute atomic E-state index is 0.0527. The molecule has 0 aromatic heterocycles. The van der Waals surface area contributed by atoms with Gasteiger partial charge in [-0.15, -0.1) is 0 Å². The van der Waals surface area contributed by atoms with Crippen LogP contribution in [0.2, 0.25) is 0 Å². The molecule has 0 saturated carbocycles. The van der Waals surface area contributed by atoms with Gasteiger partial charge in [-0.3, -0.25) is 4.57 Å². The van der Waals surface area contributed by atoms with Crippen LogP contribution in [-0.4, -0.2) is 55.6 Å². The van der Waals surface area contributed by atoms with E-state index >= 15 is 0 Å². The van der Waals surface area contributed by atoms with E-state index in [0.29, 0.717) is 0 Å². The smallest absolute Gasteiger partial charge is 0.408 e. The van der Waals surface area contributed by atoms with Crippen LogP contribution in [-0.2, 0) is 32.7 Å². The van der Waals surface area contributed by atoms with Gasteiger partial charge >= 0.3 is 19.7 Å². The van der Waals surface area contributed by atoms with Gasteiger partial charge in [-0.05, 0) is 34.6 Å². The number of amides is 1. The molecule has 1 aliphatic rings. The maximum absolute atomic E-state index is 12.7. The Morgan fingerprint density at radius 1 is 1.30 bits per heavy atom. The number of nitrogens with zero attached hydrogens (tertiary/aromatic N) is 1. The van der Waals surface area contributed by atoms with Gasteiger partial charge in [-0.25, -0.2) is 9.59 Å². The molecule has 0 bridgehead atoms. The van der Waals surface area contributed by atoms with Crippen molar-refractivity contribution in [1.82, 2.24) is 5.32 Å². The van der Waals surface area contributed by atoms with E-state index in [1.54, 1.807) is 34.6 Å². The standard InChI is InChI=1S/C16H29N2O8P/c1-7-23-27(21,24-8-2)13-10-11(26-18-13)9-12(14(19)22-6)17-15(20)25-16(3,4)5/h11-12H,7-10H2,1-6H3,(H,17,20)/t11-,12-/m0/s1. The fourth-order valence-electron chi connectivity index (χ4n) is 2.30. The van der Waals surface area contributed by atoms with Crippen LogP contribution in [0.4, 0.5) is 4.79 Å². The fourth-order valence-corrected chi connectivity index (χ4v) is 3.92. The summed E-state index contributed by atoms with van der Waals surface area (Å²) in [5.41, 5.74) is -0.566. The van der Waals surface area contributed by atoms with Gasteiger partial charge in [0.05, 0.1) is 20.3 Å². The van der Waals surface area contributed by atoms with Gasteiger partial charge in [0.1, 0.15) is 17.7 Å². The quantitative estimate of drug-likeness (QED) is 0.456. The first-order valence-corrected chi connectivity index (χ1v) is 10.3. The molecule has 156 valence electrons. The molecule has 0 spiro atoms. The first-order valence-electron chi connectivity index (χ1n) is 8.74. The summed E-state index contributed by atoms with van der Waals surface area (Å²) in [7, 11) is -2.33. The van der Waals surface area contributed by atoms with Crippen LogP contribution in [0.1, 0.15) is 47.5 Å². The van der Waals surface area contributed by atoms with Crippen LogP contribution < -0.4 is 5.32 Å². The summed E-state index contributed by atoms with van der Waals surface area (Å²) in [6, 6.07) is -1.01. The third-order valence-electron chi connectivity index (χ3n) is 3.31. The normalized spacial score (nSPS) is 18.3. The van der Waals surface area contributed by atoms with E-state index in [1.807, 2.05) is 0 Å². The number of oxime groups is 1. The molecule has 0 aromatic carbocycles. The number of alkyl carbamates (subject to hydrolysis) is 1. The van der Waals surface area contributed by atoms with Gasteiger partial charge in [-0.2, -0.15) is 0 Å². The zero-order valence-electron chi connectivity index (χ0n) is 16.6. The average Bonchev–Trinajstić information content (AvgIpc) is 3.01. The molecule has 0 aromatic rings. The molecule has 1 rings (SSSR count). The van der Waals surface area contributed by atoms with Crippen molar-refractivity contribution in [3.63, 3.8) is 0 Å². The molecule has 0 radical (unpaired) electrons. The zero-order valence-corrected chi connectivity index (χ0v) is 17.5. The van der Waals surface area contributed by atoms with E-state index in [9.17, 15) is 14.2 Å². The summed E-state index contributed by atoms with van der Waals surface area (Å²) in [6.07, 6.45) is -1.17. The summed E-state index contributed by atoms with van der Waals surface area (Å²) in [6.45, 7) is 8.88. The van der Waals surface area contributed by atoms with E-state index in [1.165, 1.54) is 7.11 Å². The Bertz CT molecular complexity index is 592. The number of hydrogen-bond donors (Lipinski definition) is 1. The van der Waals surface area contributed by atoms with E-state index in [4.69, 9.17) is 23.4 Å². The Morgan fingerprint density at radius 2 is 1.89 bits per heavy atom. The van der Waals surface area contributed by atoms with E-state index < -0.39 is 37.4 Å². The lowest BCUT2D eigenvalue weighted by molar-refractivity contribution is -0.144. The predicted octanol–water partition coefficient (Wildman–Crippen LogP) is 2.81. The molecule has 0 aliphatic carbocycles. The van der Waals surface area contributed by atoms with Gasteiger partial charge in [0.25, 0.3) is 0 Å². The van der Waals surface area contributed by atoms with Crippen molar-refractivity contribution in [3.05, 3.63) is 0 Å². The monoisotopic (exact) mass is 408 g/mol. The first kappa shape index (κ1) is 23.4. The Hall–Kier alpha value is -1.64. The fraction of sp³-hybridized carbons (Fsp3) is 0.812. The zero-order chi connectivity index (χ0) is 20.7. The average molecular weight is 408 g/mol. The highest BCUT2D eigenvalue weighted by atomic mass is 31.2. The molecule has 1 heterocycles. The largest absolute Gasteiger partial charge is 0.467 e. The van der Waals surface area contributed by atoms with E-state index in [-0.39, 0.29) is 31.5 Å². The molecule has 27 heavy (non-hydrogen) atoms. The van der Waals surface area contributed by atoms with Crippen molar-refractivity contribution < 1.29 is 37.5 Å².